The molecule has 1 N–H and O–H groups in total. The molecule has 0 saturated carbocycles. The van der Waals surface area contributed by atoms with Crippen LogP contribution in [0.4, 0.5) is 0 Å². The van der Waals surface area contributed by atoms with Crippen LogP contribution in [0.5, 0.6) is 0 Å². The van der Waals surface area contributed by atoms with Crippen LogP contribution in [0.3, 0.4) is 0 Å². The van der Waals surface area contributed by atoms with Gasteiger partial charge in [0, 0.05) is 6.08 Å². The van der Waals surface area contributed by atoms with E-state index in [9.17, 15) is 4.79 Å². The lowest BCUT2D eigenvalue weighted by Crippen LogP contribution is -2.22. The average molecular weight is 186 g/mol. The fourth-order valence-electron chi connectivity index (χ4n) is 0.697. The largest absolute Gasteiger partial charge is 0.457 e. The van der Waals surface area contributed by atoms with Crippen molar-refractivity contribution in [2.75, 3.05) is 0 Å². The Morgan fingerprint density at radius 1 is 1.54 bits per heavy atom. The molecule has 0 fully saturated rings. The van der Waals surface area contributed by atoms with Crippen molar-refractivity contribution in [3.63, 3.8) is 0 Å². The van der Waals surface area contributed by atoms with Crippen LogP contribution in [0.1, 0.15) is 34.1 Å². The standard InChI is InChI=1S/C10H18O3/c1-8(11)6-5-7-9(12)13-10(2,3)4/h5,7-8,11H,6H2,1-4H3/b7-5+. The van der Waals surface area contributed by atoms with E-state index < -0.39 is 11.7 Å². The minimum absolute atomic E-state index is 0.367. The zero-order valence-corrected chi connectivity index (χ0v) is 8.70. The third kappa shape index (κ3) is 9.08. The van der Waals surface area contributed by atoms with Crippen LogP contribution in [-0.4, -0.2) is 22.8 Å². The van der Waals surface area contributed by atoms with Crippen LogP contribution in [0, 0.1) is 0 Å². The lowest BCUT2D eigenvalue weighted by atomic mass is 10.2. The first-order chi connectivity index (χ1) is 5.81. The summed E-state index contributed by atoms with van der Waals surface area (Å²) in [5.41, 5.74) is -0.452. The summed E-state index contributed by atoms with van der Waals surface area (Å²) in [7, 11) is 0. The Morgan fingerprint density at radius 3 is 2.46 bits per heavy atom. The smallest absolute Gasteiger partial charge is 0.330 e. The second-order valence-electron chi connectivity index (χ2n) is 4.02. The molecule has 3 nitrogen and oxygen atoms in total. The molecule has 0 aliphatic carbocycles. The summed E-state index contributed by atoms with van der Waals surface area (Å²) < 4.78 is 5.01. The Bertz CT molecular complexity index is 187. The molecule has 0 heterocycles. The minimum atomic E-state index is -0.452. The molecule has 0 spiro atoms. The van der Waals surface area contributed by atoms with Crippen molar-refractivity contribution in [2.45, 2.75) is 45.8 Å². The van der Waals surface area contributed by atoms with Crippen molar-refractivity contribution in [1.29, 1.82) is 0 Å². The first-order valence-corrected chi connectivity index (χ1v) is 4.39. The molecule has 0 aliphatic heterocycles. The van der Waals surface area contributed by atoms with E-state index in [1.807, 2.05) is 20.8 Å². The van der Waals surface area contributed by atoms with Crippen molar-refractivity contribution in [2.24, 2.45) is 0 Å². The lowest BCUT2D eigenvalue weighted by molar-refractivity contribution is -0.148. The van der Waals surface area contributed by atoms with Gasteiger partial charge in [-0.1, -0.05) is 6.08 Å². The van der Waals surface area contributed by atoms with E-state index >= 15 is 0 Å². The summed E-state index contributed by atoms with van der Waals surface area (Å²) in [5.74, 6) is -0.367. The van der Waals surface area contributed by atoms with E-state index in [2.05, 4.69) is 0 Å². The van der Waals surface area contributed by atoms with E-state index in [1.165, 1.54) is 6.08 Å². The Labute approximate surface area is 79.4 Å². The molecule has 0 aliphatic rings. The number of hydrogen-bond donors (Lipinski definition) is 1. The van der Waals surface area contributed by atoms with Crippen LogP contribution in [0.15, 0.2) is 12.2 Å². The molecule has 0 aromatic rings. The molecule has 76 valence electrons. The van der Waals surface area contributed by atoms with Gasteiger partial charge in [-0.3, -0.25) is 0 Å². The van der Waals surface area contributed by atoms with Gasteiger partial charge < -0.3 is 9.84 Å². The summed E-state index contributed by atoms with van der Waals surface area (Å²) in [6.45, 7) is 7.10. The molecule has 1 unspecified atom stereocenters. The number of rotatable bonds is 3. The fourth-order valence-corrected chi connectivity index (χ4v) is 0.697. The second-order valence-corrected chi connectivity index (χ2v) is 4.02. The molecule has 0 aromatic carbocycles. The highest BCUT2D eigenvalue weighted by Crippen LogP contribution is 2.07. The fraction of sp³-hybridized carbons (Fsp3) is 0.700. The van der Waals surface area contributed by atoms with Crippen molar-refractivity contribution in [1.82, 2.24) is 0 Å². The monoisotopic (exact) mass is 186 g/mol. The minimum Gasteiger partial charge on any atom is -0.457 e. The summed E-state index contributed by atoms with van der Waals surface area (Å²) in [6, 6.07) is 0. The summed E-state index contributed by atoms with van der Waals surface area (Å²) in [6.07, 6.45) is 3.01. The van der Waals surface area contributed by atoms with E-state index in [0.29, 0.717) is 6.42 Å². The van der Waals surface area contributed by atoms with Gasteiger partial charge in [0.2, 0.25) is 0 Å². The summed E-state index contributed by atoms with van der Waals surface area (Å²) in [5, 5.41) is 8.89. The summed E-state index contributed by atoms with van der Waals surface area (Å²) >= 11 is 0. The SMILES string of the molecule is CC(O)C/C=C/C(=O)OC(C)(C)C. The Kier molecular flexibility index (Phi) is 4.70. The van der Waals surface area contributed by atoms with Crippen LogP contribution in [0.2, 0.25) is 0 Å². The van der Waals surface area contributed by atoms with E-state index in [1.54, 1.807) is 13.0 Å². The van der Waals surface area contributed by atoms with Gasteiger partial charge in [0.1, 0.15) is 5.60 Å². The summed E-state index contributed by atoms with van der Waals surface area (Å²) in [4.78, 5) is 11.0. The topological polar surface area (TPSA) is 46.5 Å². The van der Waals surface area contributed by atoms with Crippen molar-refractivity contribution in [3.05, 3.63) is 12.2 Å². The predicted molar refractivity (Wildman–Crippen MR) is 51.3 cm³/mol. The molecular formula is C10H18O3. The van der Waals surface area contributed by atoms with Gasteiger partial charge in [0.15, 0.2) is 0 Å². The molecule has 1 atom stereocenters. The van der Waals surface area contributed by atoms with Crippen LogP contribution in [-0.2, 0) is 9.53 Å². The average Bonchev–Trinajstić information content (AvgIpc) is 1.81. The third-order valence-electron chi connectivity index (χ3n) is 1.14. The van der Waals surface area contributed by atoms with Gasteiger partial charge in [-0.05, 0) is 34.1 Å². The van der Waals surface area contributed by atoms with Crippen molar-refractivity contribution >= 4 is 5.97 Å². The van der Waals surface area contributed by atoms with Gasteiger partial charge >= 0.3 is 5.97 Å². The molecule has 0 radical (unpaired) electrons. The van der Waals surface area contributed by atoms with E-state index in [0.717, 1.165) is 0 Å². The maximum Gasteiger partial charge on any atom is 0.330 e. The number of carbonyl (C=O) groups excluding carboxylic acids is 1. The number of esters is 1. The Hall–Kier alpha value is -0.830. The number of aliphatic hydroxyl groups excluding tert-OH is 1. The first kappa shape index (κ1) is 12.2. The molecule has 0 rings (SSSR count). The maximum atomic E-state index is 11.0. The second kappa shape index (κ2) is 5.02. The molecule has 0 aromatic heterocycles. The number of ether oxygens (including phenoxy) is 1. The molecule has 3 heteroatoms. The highest BCUT2D eigenvalue weighted by molar-refractivity contribution is 5.82. The van der Waals surface area contributed by atoms with E-state index in [4.69, 9.17) is 9.84 Å². The van der Waals surface area contributed by atoms with Crippen LogP contribution in [0.25, 0.3) is 0 Å². The highest BCUT2D eigenvalue weighted by atomic mass is 16.6. The third-order valence-corrected chi connectivity index (χ3v) is 1.14. The van der Waals surface area contributed by atoms with Gasteiger partial charge in [-0.15, -0.1) is 0 Å². The van der Waals surface area contributed by atoms with E-state index in [-0.39, 0.29) is 5.97 Å². The zero-order chi connectivity index (χ0) is 10.5. The quantitative estimate of drug-likeness (QED) is 0.538. The molecule has 0 saturated heterocycles. The van der Waals surface area contributed by atoms with Crippen LogP contribution >= 0.6 is 0 Å². The van der Waals surface area contributed by atoms with Gasteiger partial charge in [-0.25, -0.2) is 4.79 Å². The van der Waals surface area contributed by atoms with Crippen LogP contribution < -0.4 is 0 Å². The van der Waals surface area contributed by atoms with Gasteiger partial charge in [0.25, 0.3) is 0 Å². The lowest BCUT2D eigenvalue weighted by Gasteiger charge is -2.17. The van der Waals surface area contributed by atoms with Crippen molar-refractivity contribution in [3.8, 4) is 0 Å². The Balaban J connectivity index is 3.81. The molecule has 0 amide bonds. The molecule has 13 heavy (non-hydrogen) atoms. The Morgan fingerprint density at radius 2 is 2.08 bits per heavy atom. The predicted octanol–water partition coefficient (Wildman–Crippen LogP) is 1.66. The normalized spacial score (nSPS) is 14.5. The van der Waals surface area contributed by atoms with Gasteiger partial charge in [-0.2, -0.15) is 0 Å². The first-order valence-electron chi connectivity index (χ1n) is 4.39. The number of hydrogen-bond acceptors (Lipinski definition) is 3. The maximum absolute atomic E-state index is 11.0. The highest BCUT2D eigenvalue weighted by Gasteiger charge is 2.13. The number of aliphatic hydroxyl groups is 1. The molecule has 0 bridgehead atoms. The van der Waals surface area contributed by atoms with Gasteiger partial charge in [0.05, 0.1) is 6.10 Å². The van der Waals surface area contributed by atoms with Crippen molar-refractivity contribution < 1.29 is 14.6 Å². The molecular weight excluding hydrogens is 168 g/mol. The number of carbonyl (C=O) groups is 1. The zero-order valence-electron chi connectivity index (χ0n) is 8.70.